The first-order valence-electron chi connectivity index (χ1n) is 5.47. The quantitative estimate of drug-likeness (QED) is 0.605. The molecule has 1 aromatic rings. The smallest absolute Gasteiger partial charge is 0.307 e. The molecule has 0 radical (unpaired) electrons. The number of halogens is 1. The van der Waals surface area contributed by atoms with Crippen LogP contribution >= 0.6 is 11.6 Å². The molecule has 17 heavy (non-hydrogen) atoms. The van der Waals surface area contributed by atoms with E-state index in [0.717, 1.165) is 0 Å². The zero-order valence-corrected chi connectivity index (χ0v) is 10.5. The van der Waals surface area contributed by atoms with Crippen LogP contribution in [0.2, 0.25) is 5.02 Å². The van der Waals surface area contributed by atoms with E-state index in [0.29, 0.717) is 36.7 Å². The van der Waals surface area contributed by atoms with Crippen LogP contribution in [0.5, 0.6) is 5.75 Å². The normalized spacial score (nSPS) is 10.2. The van der Waals surface area contributed by atoms with Crippen molar-refractivity contribution in [2.45, 2.75) is 19.9 Å². The highest BCUT2D eigenvalue weighted by molar-refractivity contribution is 6.31. The Bertz CT molecular complexity index is 362. The van der Waals surface area contributed by atoms with E-state index in [-0.39, 0.29) is 11.7 Å². The highest BCUT2D eigenvalue weighted by atomic mass is 35.5. The van der Waals surface area contributed by atoms with Gasteiger partial charge in [-0.05, 0) is 19.1 Å². The maximum absolute atomic E-state index is 11.1. The number of ether oxygens (including phenoxy) is 1. The molecule has 0 atom stereocenters. The van der Waals surface area contributed by atoms with E-state index in [1.807, 2.05) is 0 Å². The summed E-state index contributed by atoms with van der Waals surface area (Å²) < 4.78 is 4.79. The van der Waals surface area contributed by atoms with Gasteiger partial charge in [-0.3, -0.25) is 4.79 Å². The zero-order valence-electron chi connectivity index (χ0n) is 9.70. The highest BCUT2D eigenvalue weighted by Gasteiger charge is 2.06. The summed E-state index contributed by atoms with van der Waals surface area (Å²) in [4.78, 5) is 11.1. The number of benzene rings is 1. The third-order valence-corrected chi connectivity index (χ3v) is 2.56. The summed E-state index contributed by atoms with van der Waals surface area (Å²) in [5, 5.41) is 13.1. The van der Waals surface area contributed by atoms with Gasteiger partial charge in [0.15, 0.2) is 0 Å². The summed E-state index contributed by atoms with van der Waals surface area (Å²) in [7, 11) is 0. The van der Waals surface area contributed by atoms with Crippen LogP contribution in [-0.4, -0.2) is 24.2 Å². The predicted molar refractivity (Wildman–Crippen MR) is 66.1 cm³/mol. The van der Waals surface area contributed by atoms with Gasteiger partial charge in [0, 0.05) is 23.7 Å². The Morgan fingerprint density at radius 3 is 2.94 bits per heavy atom. The molecule has 0 aromatic heterocycles. The molecule has 0 spiro atoms. The molecule has 0 bridgehead atoms. The summed E-state index contributed by atoms with van der Waals surface area (Å²) in [6, 6.07) is 4.97. The molecule has 0 fully saturated rings. The van der Waals surface area contributed by atoms with Crippen LogP contribution in [0.1, 0.15) is 18.9 Å². The number of nitrogens with one attached hydrogen (secondary N) is 1. The summed E-state index contributed by atoms with van der Waals surface area (Å²) in [6.45, 7) is 3.08. The second-order valence-corrected chi connectivity index (χ2v) is 3.88. The van der Waals surface area contributed by atoms with Gasteiger partial charge >= 0.3 is 5.97 Å². The van der Waals surface area contributed by atoms with Gasteiger partial charge in [-0.25, -0.2) is 0 Å². The molecular formula is C12H16ClNO3. The first kappa shape index (κ1) is 13.8. The number of rotatable bonds is 6. The van der Waals surface area contributed by atoms with E-state index in [1.54, 1.807) is 25.1 Å². The van der Waals surface area contributed by atoms with Gasteiger partial charge in [0.05, 0.1) is 13.0 Å². The molecule has 0 aliphatic carbocycles. The van der Waals surface area contributed by atoms with Crippen molar-refractivity contribution in [3.63, 3.8) is 0 Å². The summed E-state index contributed by atoms with van der Waals surface area (Å²) in [6.07, 6.45) is 0.305. The Kier molecular flexibility index (Phi) is 5.80. The van der Waals surface area contributed by atoms with Crippen LogP contribution in [-0.2, 0) is 16.1 Å². The van der Waals surface area contributed by atoms with Gasteiger partial charge in [0.2, 0.25) is 0 Å². The number of phenols is 1. The minimum atomic E-state index is -0.233. The summed E-state index contributed by atoms with van der Waals surface area (Å²) in [5.41, 5.74) is 0.637. The number of hydrogen-bond acceptors (Lipinski definition) is 4. The van der Waals surface area contributed by atoms with Crippen molar-refractivity contribution in [1.82, 2.24) is 5.32 Å². The standard InChI is InChI=1S/C12H16ClNO3/c1-2-17-12(16)6-7-14-8-9-10(13)4-3-5-11(9)15/h3-5,14-15H,2,6-8H2,1H3. The Labute approximate surface area is 106 Å². The van der Waals surface area contributed by atoms with E-state index >= 15 is 0 Å². The average molecular weight is 258 g/mol. The lowest BCUT2D eigenvalue weighted by atomic mass is 10.2. The Morgan fingerprint density at radius 2 is 2.29 bits per heavy atom. The van der Waals surface area contributed by atoms with Gasteiger partial charge in [0.1, 0.15) is 5.75 Å². The molecule has 5 heteroatoms. The molecule has 0 unspecified atom stereocenters. The van der Waals surface area contributed by atoms with Crippen LogP contribution in [0.25, 0.3) is 0 Å². The van der Waals surface area contributed by atoms with Crippen LogP contribution in [0.3, 0.4) is 0 Å². The molecule has 0 amide bonds. The van der Waals surface area contributed by atoms with Gasteiger partial charge in [-0.1, -0.05) is 17.7 Å². The van der Waals surface area contributed by atoms with Gasteiger partial charge < -0.3 is 15.2 Å². The molecular weight excluding hydrogens is 242 g/mol. The van der Waals surface area contributed by atoms with Crippen LogP contribution in [0.4, 0.5) is 0 Å². The summed E-state index contributed by atoms with van der Waals surface area (Å²) in [5.74, 6) is -0.0792. The first-order valence-corrected chi connectivity index (χ1v) is 5.85. The molecule has 4 nitrogen and oxygen atoms in total. The largest absolute Gasteiger partial charge is 0.508 e. The fourth-order valence-electron chi connectivity index (χ4n) is 1.36. The van der Waals surface area contributed by atoms with Crippen molar-refractivity contribution < 1.29 is 14.6 Å². The fraction of sp³-hybridized carbons (Fsp3) is 0.417. The van der Waals surface area contributed by atoms with Crippen molar-refractivity contribution in [2.24, 2.45) is 0 Å². The molecule has 1 aromatic carbocycles. The lowest BCUT2D eigenvalue weighted by molar-refractivity contribution is -0.142. The number of carbonyl (C=O) groups is 1. The minimum Gasteiger partial charge on any atom is -0.508 e. The monoisotopic (exact) mass is 257 g/mol. The maximum atomic E-state index is 11.1. The Morgan fingerprint density at radius 1 is 1.53 bits per heavy atom. The Hall–Kier alpha value is -1.26. The van der Waals surface area contributed by atoms with Crippen molar-refractivity contribution in [3.8, 4) is 5.75 Å². The molecule has 0 saturated carbocycles. The van der Waals surface area contributed by atoms with E-state index in [2.05, 4.69) is 5.32 Å². The minimum absolute atomic E-state index is 0.154. The highest BCUT2D eigenvalue weighted by Crippen LogP contribution is 2.24. The van der Waals surface area contributed by atoms with E-state index in [4.69, 9.17) is 16.3 Å². The fourth-order valence-corrected chi connectivity index (χ4v) is 1.60. The van der Waals surface area contributed by atoms with Crippen LogP contribution < -0.4 is 5.32 Å². The molecule has 94 valence electrons. The SMILES string of the molecule is CCOC(=O)CCNCc1c(O)cccc1Cl. The van der Waals surface area contributed by atoms with Crippen molar-refractivity contribution in [1.29, 1.82) is 0 Å². The molecule has 1 rings (SSSR count). The number of esters is 1. The second kappa shape index (κ2) is 7.14. The molecule has 2 N–H and O–H groups in total. The molecule has 0 heterocycles. The van der Waals surface area contributed by atoms with Crippen molar-refractivity contribution in [2.75, 3.05) is 13.2 Å². The first-order chi connectivity index (χ1) is 8.15. The number of hydrogen-bond donors (Lipinski definition) is 2. The van der Waals surface area contributed by atoms with Gasteiger partial charge in [-0.15, -0.1) is 0 Å². The second-order valence-electron chi connectivity index (χ2n) is 3.47. The zero-order chi connectivity index (χ0) is 12.7. The maximum Gasteiger partial charge on any atom is 0.307 e. The van der Waals surface area contributed by atoms with Gasteiger partial charge in [0.25, 0.3) is 0 Å². The van der Waals surface area contributed by atoms with Crippen molar-refractivity contribution in [3.05, 3.63) is 28.8 Å². The third kappa shape index (κ3) is 4.63. The summed E-state index contributed by atoms with van der Waals surface area (Å²) >= 11 is 5.93. The molecule has 0 saturated heterocycles. The topological polar surface area (TPSA) is 58.6 Å². The third-order valence-electron chi connectivity index (χ3n) is 2.21. The number of carbonyl (C=O) groups excluding carboxylic acids is 1. The van der Waals surface area contributed by atoms with E-state index in [9.17, 15) is 9.90 Å². The van der Waals surface area contributed by atoms with E-state index < -0.39 is 0 Å². The van der Waals surface area contributed by atoms with Gasteiger partial charge in [-0.2, -0.15) is 0 Å². The van der Waals surface area contributed by atoms with Crippen molar-refractivity contribution >= 4 is 17.6 Å². The average Bonchev–Trinajstić information content (AvgIpc) is 2.28. The lowest BCUT2D eigenvalue weighted by Gasteiger charge is -2.08. The van der Waals surface area contributed by atoms with E-state index in [1.165, 1.54) is 0 Å². The molecule has 0 aliphatic heterocycles. The van der Waals surface area contributed by atoms with Crippen LogP contribution in [0, 0.1) is 0 Å². The lowest BCUT2D eigenvalue weighted by Crippen LogP contribution is -2.19. The number of aromatic hydroxyl groups is 1. The predicted octanol–water partition coefficient (Wildman–Crippen LogP) is 2.09. The van der Waals surface area contributed by atoms with Crippen LogP contribution in [0.15, 0.2) is 18.2 Å². The number of phenolic OH excluding ortho intramolecular Hbond substituents is 1. The Balaban J connectivity index is 2.34. The molecule has 0 aliphatic rings.